The van der Waals surface area contributed by atoms with Gasteiger partial charge in [0.15, 0.2) is 5.65 Å². The number of carbonyl (C=O) groups excluding carboxylic acids is 2. The highest BCUT2D eigenvalue weighted by Crippen LogP contribution is 2.34. The molecule has 1 aliphatic rings. The lowest BCUT2D eigenvalue weighted by Gasteiger charge is -2.36. The van der Waals surface area contributed by atoms with Gasteiger partial charge in [-0.25, -0.2) is 19.1 Å². The molecular weight excluding hydrogens is 530 g/mol. The first-order valence-electron chi connectivity index (χ1n) is 14.0. The van der Waals surface area contributed by atoms with Crippen LogP contribution in [-0.4, -0.2) is 70.5 Å². The van der Waals surface area contributed by atoms with Crippen molar-refractivity contribution in [3.05, 3.63) is 84.8 Å². The van der Waals surface area contributed by atoms with Gasteiger partial charge in [0.2, 0.25) is 0 Å². The average Bonchev–Trinajstić information content (AvgIpc) is 3.42. The van der Waals surface area contributed by atoms with E-state index in [0.29, 0.717) is 18.7 Å². The second kappa shape index (κ2) is 10.8. The molecule has 214 valence electrons. The molecule has 0 saturated carbocycles. The molecule has 3 heterocycles. The maximum atomic E-state index is 12.4. The fourth-order valence-electron chi connectivity index (χ4n) is 5.37. The number of hydrogen-bond acceptors (Lipinski definition) is 7. The van der Waals surface area contributed by atoms with E-state index in [4.69, 9.17) is 14.5 Å². The number of rotatable bonds is 4. The Balaban J connectivity index is 1.21. The lowest BCUT2D eigenvalue weighted by Crippen LogP contribution is -2.50. The second-order valence-electron chi connectivity index (χ2n) is 11.4. The molecule has 0 bridgehead atoms. The molecule has 1 fully saturated rings. The lowest BCUT2D eigenvalue weighted by molar-refractivity contribution is 0.0240. The summed E-state index contributed by atoms with van der Waals surface area (Å²) in [5, 5.41) is 6.37. The molecule has 0 unspecified atom stereocenters. The molecule has 1 amide bonds. The Labute approximate surface area is 244 Å². The Morgan fingerprint density at radius 3 is 2.21 bits per heavy atom. The number of anilines is 1. The molecule has 42 heavy (non-hydrogen) atoms. The van der Waals surface area contributed by atoms with Crippen molar-refractivity contribution < 1.29 is 19.1 Å². The van der Waals surface area contributed by atoms with E-state index in [1.54, 1.807) is 15.5 Å². The Morgan fingerprint density at radius 2 is 1.52 bits per heavy atom. The molecule has 5 aromatic rings. The van der Waals surface area contributed by atoms with Crippen molar-refractivity contribution in [1.82, 2.24) is 19.5 Å². The quantitative estimate of drug-likeness (QED) is 0.246. The van der Waals surface area contributed by atoms with Gasteiger partial charge in [0.25, 0.3) is 0 Å². The van der Waals surface area contributed by atoms with E-state index < -0.39 is 5.60 Å². The first kappa shape index (κ1) is 27.3. The molecule has 6 rings (SSSR count). The first-order valence-corrected chi connectivity index (χ1v) is 14.0. The van der Waals surface area contributed by atoms with Crippen LogP contribution in [0, 0.1) is 0 Å². The molecule has 3 aromatic carbocycles. The molecule has 0 aliphatic carbocycles. The monoisotopic (exact) mass is 563 g/mol. The maximum Gasteiger partial charge on any atom is 0.410 e. The third kappa shape index (κ3) is 5.25. The number of esters is 1. The van der Waals surface area contributed by atoms with Gasteiger partial charge in [0.05, 0.1) is 18.9 Å². The summed E-state index contributed by atoms with van der Waals surface area (Å²) in [6.45, 7) is 8.40. The van der Waals surface area contributed by atoms with Crippen molar-refractivity contribution in [2.24, 2.45) is 0 Å². The minimum atomic E-state index is -0.495. The van der Waals surface area contributed by atoms with Gasteiger partial charge in [-0.2, -0.15) is 5.10 Å². The fourth-order valence-corrected chi connectivity index (χ4v) is 5.37. The maximum absolute atomic E-state index is 12.4. The van der Waals surface area contributed by atoms with Gasteiger partial charge in [-0.05, 0) is 60.9 Å². The molecule has 0 N–H and O–H groups in total. The summed E-state index contributed by atoms with van der Waals surface area (Å²) in [6, 6.07) is 19.9. The normalized spacial score (nSPS) is 13.9. The average molecular weight is 564 g/mol. The lowest BCUT2D eigenvalue weighted by atomic mass is 9.96. The predicted molar refractivity (Wildman–Crippen MR) is 163 cm³/mol. The van der Waals surface area contributed by atoms with Gasteiger partial charge >= 0.3 is 12.1 Å². The SMILES string of the molecule is COC(=O)c1ccc(-c2cnn3cc(-c4ccc(N5CCN(C(=O)OC(C)(C)C)CC5)cc4)cnc23)c2ccccc12. The number of nitrogens with zero attached hydrogens (tertiary/aromatic N) is 5. The number of amides is 1. The van der Waals surface area contributed by atoms with Crippen molar-refractivity contribution in [3.8, 4) is 22.3 Å². The Kier molecular flexibility index (Phi) is 7.02. The summed E-state index contributed by atoms with van der Waals surface area (Å²) in [7, 11) is 1.39. The topological polar surface area (TPSA) is 89.3 Å². The van der Waals surface area contributed by atoms with Crippen LogP contribution in [0.15, 0.2) is 79.3 Å². The zero-order chi connectivity index (χ0) is 29.4. The number of hydrogen-bond donors (Lipinski definition) is 0. The van der Waals surface area contributed by atoms with Crippen LogP contribution in [0.25, 0.3) is 38.7 Å². The van der Waals surface area contributed by atoms with Gasteiger partial charge in [-0.15, -0.1) is 0 Å². The zero-order valence-corrected chi connectivity index (χ0v) is 24.2. The summed E-state index contributed by atoms with van der Waals surface area (Å²) in [6.07, 6.45) is 5.39. The van der Waals surface area contributed by atoms with Crippen LogP contribution in [0.3, 0.4) is 0 Å². The number of piperazine rings is 1. The van der Waals surface area contributed by atoms with Crippen LogP contribution in [0.2, 0.25) is 0 Å². The fraction of sp³-hybridized carbons (Fsp3) is 0.273. The van der Waals surface area contributed by atoms with E-state index in [0.717, 1.165) is 57.5 Å². The van der Waals surface area contributed by atoms with Gasteiger partial charge < -0.3 is 19.3 Å². The van der Waals surface area contributed by atoms with E-state index in [1.807, 2.05) is 69.7 Å². The van der Waals surface area contributed by atoms with Crippen LogP contribution < -0.4 is 4.90 Å². The predicted octanol–water partition coefficient (Wildman–Crippen LogP) is 6.06. The smallest absolute Gasteiger partial charge is 0.410 e. The highest BCUT2D eigenvalue weighted by Gasteiger charge is 2.26. The number of aromatic nitrogens is 3. The van der Waals surface area contributed by atoms with Gasteiger partial charge in [-0.3, -0.25) is 0 Å². The van der Waals surface area contributed by atoms with Crippen molar-refractivity contribution in [2.75, 3.05) is 38.2 Å². The second-order valence-corrected chi connectivity index (χ2v) is 11.4. The molecule has 0 atom stereocenters. The molecule has 0 radical (unpaired) electrons. The number of methoxy groups -OCH3 is 1. The Bertz CT molecular complexity index is 1780. The molecular formula is C33H33N5O4. The highest BCUT2D eigenvalue weighted by atomic mass is 16.6. The van der Waals surface area contributed by atoms with Crippen molar-refractivity contribution >= 4 is 34.2 Å². The van der Waals surface area contributed by atoms with E-state index in [-0.39, 0.29) is 12.1 Å². The first-order chi connectivity index (χ1) is 20.2. The number of fused-ring (bicyclic) bond motifs is 2. The van der Waals surface area contributed by atoms with E-state index in [1.165, 1.54) is 7.11 Å². The zero-order valence-electron chi connectivity index (χ0n) is 24.2. The number of benzene rings is 3. The summed E-state index contributed by atoms with van der Waals surface area (Å²) in [5.41, 5.74) is 5.69. The van der Waals surface area contributed by atoms with Gasteiger partial charge in [0, 0.05) is 55.4 Å². The van der Waals surface area contributed by atoms with Gasteiger partial charge in [0.1, 0.15) is 5.60 Å². The Morgan fingerprint density at radius 1 is 0.810 bits per heavy atom. The highest BCUT2D eigenvalue weighted by molar-refractivity contribution is 6.10. The van der Waals surface area contributed by atoms with Crippen molar-refractivity contribution in [1.29, 1.82) is 0 Å². The molecule has 1 saturated heterocycles. The largest absolute Gasteiger partial charge is 0.465 e. The summed E-state index contributed by atoms with van der Waals surface area (Å²) < 4.78 is 12.3. The molecule has 1 aliphatic heterocycles. The van der Waals surface area contributed by atoms with Crippen LogP contribution in [0.4, 0.5) is 10.5 Å². The van der Waals surface area contributed by atoms with Crippen molar-refractivity contribution in [3.63, 3.8) is 0 Å². The van der Waals surface area contributed by atoms with Crippen LogP contribution in [0.1, 0.15) is 31.1 Å². The van der Waals surface area contributed by atoms with E-state index in [2.05, 4.69) is 34.3 Å². The molecule has 9 heteroatoms. The number of carbonyl (C=O) groups is 2. The van der Waals surface area contributed by atoms with E-state index in [9.17, 15) is 9.59 Å². The van der Waals surface area contributed by atoms with Crippen molar-refractivity contribution in [2.45, 2.75) is 26.4 Å². The summed E-state index contributed by atoms with van der Waals surface area (Å²) >= 11 is 0. The van der Waals surface area contributed by atoms with Crippen LogP contribution in [0.5, 0.6) is 0 Å². The van der Waals surface area contributed by atoms with Crippen LogP contribution in [-0.2, 0) is 9.47 Å². The minimum absolute atomic E-state index is 0.256. The van der Waals surface area contributed by atoms with Crippen LogP contribution >= 0.6 is 0 Å². The summed E-state index contributed by atoms with van der Waals surface area (Å²) in [4.78, 5) is 33.6. The number of ether oxygens (including phenoxy) is 2. The third-order valence-corrected chi connectivity index (χ3v) is 7.47. The molecule has 2 aromatic heterocycles. The minimum Gasteiger partial charge on any atom is -0.465 e. The molecule has 9 nitrogen and oxygen atoms in total. The standard InChI is InChI=1S/C33H33N5O4/c1-33(2,3)42-32(40)37-17-15-36(16-18-37)24-11-9-22(10-12-24)23-19-34-30-29(20-35-38(30)21-23)27-13-14-28(31(39)41-4)26-8-6-5-7-25(26)27/h5-14,19-21H,15-18H2,1-4H3. The third-order valence-electron chi connectivity index (χ3n) is 7.47. The Hall–Kier alpha value is -4.92. The van der Waals surface area contributed by atoms with E-state index >= 15 is 0 Å². The molecule has 0 spiro atoms. The summed E-state index contributed by atoms with van der Waals surface area (Å²) in [5.74, 6) is -0.366. The van der Waals surface area contributed by atoms with Gasteiger partial charge in [-0.1, -0.05) is 42.5 Å².